The molecule has 0 aliphatic carbocycles. The molecule has 1 aliphatic rings. The molecule has 142 valence electrons. The van der Waals surface area contributed by atoms with Gasteiger partial charge in [0.15, 0.2) is 18.1 Å². The lowest BCUT2D eigenvalue weighted by molar-refractivity contribution is -0.144. The number of halogens is 1. The average molecular weight is 408 g/mol. The van der Waals surface area contributed by atoms with E-state index in [1.54, 1.807) is 30.3 Å². The highest BCUT2D eigenvalue weighted by atomic mass is 35.5. The Labute approximate surface area is 166 Å². The number of nitrogens with one attached hydrogen (secondary N) is 1. The van der Waals surface area contributed by atoms with Crippen LogP contribution in [-0.4, -0.2) is 37.4 Å². The number of thioether (sulfide) groups is 1. The van der Waals surface area contributed by atoms with Gasteiger partial charge in [-0.3, -0.25) is 9.59 Å². The van der Waals surface area contributed by atoms with Crippen LogP contribution in [0, 0.1) is 0 Å². The van der Waals surface area contributed by atoms with E-state index in [1.807, 2.05) is 12.1 Å². The van der Waals surface area contributed by atoms with E-state index >= 15 is 0 Å². The van der Waals surface area contributed by atoms with Crippen molar-refractivity contribution in [2.45, 2.75) is 11.3 Å². The third-order valence-electron chi connectivity index (χ3n) is 3.57. The zero-order valence-corrected chi connectivity index (χ0v) is 16.0. The van der Waals surface area contributed by atoms with Crippen LogP contribution in [0.15, 0.2) is 47.4 Å². The minimum Gasteiger partial charge on any atom is -0.490 e. The highest BCUT2D eigenvalue weighted by Gasteiger charge is 2.13. The number of carbonyl (C=O) groups excluding carboxylic acids is 2. The molecule has 0 saturated carbocycles. The number of benzene rings is 2. The lowest BCUT2D eigenvalue weighted by Crippen LogP contribution is -2.21. The molecule has 0 fully saturated rings. The van der Waals surface area contributed by atoms with E-state index in [0.29, 0.717) is 35.4 Å². The van der Waals surface area contributed by atoms with E-state index in [-0.39, 0.29) is 12.4 Å². The Balaban J connectivity index is 1.43. The van der Waals surface area contributed by atoms with Crippen LogP contribution in [0.5, 0.6) is 11.5 Å². The predicted molar refractivity (Wildman–Crippen MR) is 104 cm³/mol. The Morgan fingerprint density at radius 1 is 1.07 bits per heavy atom. The van der Waals surface area contributed by atoms with Crippen molar-refractivity contribution < 1.29 is 23.8 Å². The van der Waals surface area contributed by atoms with Gasteiger partial charge in [0.25, 0.3) is 5.91 Å². The first-order valence-electron chi connectivity index (χ1n) is 8.33. The molecule has 3 rings (SSSR count). The van der Waals surface area contributed by atoms with Gasteiger partial charge in [-0.1, -0.05) is 11.6 Å². The number of amides is 1. The van der Waals surface area contributed by atoms with Crippen LogP contribution in [0.1, 0.15) is 6.42 Å². The number of carbonyl (C=O) groups is 2. The lowest BCUT2D eigenvalue weighted by Gasteiger charge is -2.10. The molecule has 0 bridgehead atoms. The second-order valence-corrected chi connectivity index (χ2v) is 7.15. The Morgan fingerprint density at radius 3 is 2.59 bits per heavy atom. The molecule has 0 atom stereocenters. The number of ether oxygens (including phenoxy) is 3. The Kier molecular flexibility index (Phi) is 6.84. The third kappa shape index (κ3) is 6.08. The zero-order chi connectivity index (χ0) is 19.1. The summed E-state index contributed by atoms with van der Waals surface area (Å²) in [4.78, 5) is 24.7. The summed E-state index contributed by atoms with van der Waals surface area (Å²) in [6, 6.07) is 12.3. The van der Waals surface area contributed by atoms with Gasteiger partial charge in [-0.2, -0.15) is 0 Å². The van der Waals surface area contributed by atoms with E-state index in [9.17, 15) is 9.59 Å². The Morgan fingerprint density at radius 2 is 1.81 bits per heavy atom. The van der Waals surface area contributed by atoms with Gasteiger partial charge in [-0.15, -0.1) is 11.8 Å². The summed E-state index contributed by atoms with van der Waals surface area (Å²) >= 11 is 7.13. The van der Waals surface area contributed by atoms with Gasteiger partial charge in [0, 0.05) is 28.1 Å². The van der Waals surface area contributed by atoms with E-state index in [0.717, 1.165) is 11.3 Å². The number of esters is 1. The second-order valence-electron chi connectivity index (χ2n) is 5.66. The van der Waals surface area contributed by atoms with Gasteiger partial charge in [-0.05, 0) is 36.4 Å². The normalized spacial score (nSPS) is 12.8. The van der Waals surface area contributed by atoms with Crippen molar-refractivity contribution in [2.24, 2.45) is 0 Å². The van der Waals surface area contributed by atoms with Crippen LogP contribution < -0.4 is 14.8 Å². The number of fused-ring (bicyclic) bond motifs is 1. The summed E-state index contributed by atoms with van der Waals surface area (Å²) in [5.74, 6) is 0.453. The molecular formula is C19H18ClNO5S. The monoisotopic (exact) mass is 407 g/mol. The van der Waals surface area contributed by atoms with Gasteiger partial charge in [0.2, 0.25) is 0 Å². The van der Waals surface area contributed by atoms with Crippen molar-refractivity contribution in [3.8, 4) is 11.5 Å². The number of anilines is 1. The first-order chi connectivity index (χ1) is 13.1. The molecular weight excluding hydrogens is 390 g/mol. The van der Waals surface area contributed by atoms with Crippen LogP contribution in [0.25, 0.3) is 0 Å². The number of hydrogen-bond donors (Lipinski definition) is 1. The summed E-state index contributed by atoms with van der Waals surface area (Å²) in [7, 11) is 0. The van der Waals surface area contributed by atoms with Gasteiger partial charge in [0.1, 0.15) is 0 Å². The smallest absolute Gasteiger partial charge is 0.316 e. The van der Waals surface area contributed by atoms with Crippen molar-refractivity contribution in [1.82, 2.24) is 0 Å². The summed E-state index contributed by atoms with van der Waals surface area (Å²) in [6.07, 6.45) is 0.806. The largest absolute Gasteiger partial charge is 0.490 e. The van der Waals surface area contributed by atoms with Crippen molar-refractivity contribution in [2.75, 3.05) is 30.9 Å². The minimum atomic E-state index is -0.469. The van der Waals surface area contributed by atoms with Crippen LogP contribution in [0.4, 0.5) is 5.69 Å². The molecule has 8 heteroatoms. The predicted octanol–water partition coefficient (Wildman–Crippen LogP) is 3.78. The highest BCUT2D eigenvalue weighted by molar-refractivity contribution is 8.00. The molecule has 1 amide bonds. The zero-order valence-electron chi connectivity index (χ0n) is 14.4. The summed E-state index contributed by atoms with van der Waals surface area (Å²) in [5, 5.41) is 3.31. The number of rotatable bonds is 6. The second kappa shape index (κ2) is 9.53. The SMILES string of the molecule is O=C(COC(=O)CSc1ccc(Cl)cc1)Nc1ccc2c(c1)OCCCO2. The van der Waals surface area contributed by atoms with Crippen molar-refractivity contribution in [3.63, 3.8) is 0 Å². The molecule has 1 heterocycles. The molecule has 0 spiro atoms. The van der Waals surface area contributed by atoms with E-state index in [1.165, 1.54) is 11.8 Å². The first-order valence-corrected chi connectivity index (χ1v) is 9.70. The van der Waals surface area contributed by atoms with E-state index < -0.39 is 11.9 Å². The Bertz CT molecular complexity index is 812. The lowest BCUT2D eigenvalue weighted by atomic mass is 10.2. The molecule has 0 saturated heterocycles. The van der Waals surface area contributed by atoms with E-state index in [4.69, 9.17) is 25.8 Å². The topological polar surface area (TPSA) is 73.9 Å². The fourth-order valence-electron chi connectivity index (χ4n) is 2.30. The van der Waals surface area contributed by atoms with Crippen molar-refractivity contribution in [3.05, 3.63) is 47.5 Å². The standard InChI is InChI=1S/C19H18ClNO5S/c20-13-2-5-15(6-3-13)27-12-19(23)26-11-18(22)21-14-4-7-16-17(10-14)25-9-1-8-24-16/h2-7,10H,1,8-9,11-12H2,(H,21,22). The molecule has 1 aliphatic heterocycles. The molecule has 0 aromatic heterocycles. The Hall–Kier alpha value is -2.38. The molecule has 27 heavy (non-hydrogen) atoms. The van der Waals surface area contributed by atoms with Crippen LogP contribution in [0.3, 0.4) is 0 Å². The van der Waals surface area contributed by atoms with Gasteiger partial charge < -0.3 is 19.5 Å². The maximum absolute atomic E-state index is 12.0. The minimum absolute atomic E-state index is 0.110. The molecule has 6 nitrogen and oxygen atoms in total. The molecule has 0 radical (unpaired) electrons. The molecule has 0 unspecified atom stereocenters. The van der Waals surface area contributed by atoms with Crippen LogP contribution >= 0.6 is 23.4 Å². The maximum atomic E-state index is 12.0. The summed E-state index contributed by atoms with van der Waals surface area (Å²) in [5.41, 5.74) is 0.552. The summed E-state index contributed by atoms with van der Waals surface area (Å²) in [6.45, 7) is 0.810. The van der Waals surface area contributed by atoms with E-state index in [2.05, 4.69) is 5.32 Å². The fourth-order valence-corrected chi connectivity index (χ4v) is 3.12. The van der Waals surface area contributed by atoms with Crippen LogP contribution in [0.2, 0.25) is 5.02 Å². The molecule has 1 N–H and O–H groups in total. The van der Waals surface area contributed by atoms with Crippen molar-refractivity contribution in [1.29, 1.82) is 0 Å². The third-order valence-corrected chi connectivity index (χ3v) is 4.80. The highest BCUT2D eigenvalue weighted by Crippen LogP contribution is 2.32. The fraction of sp³-hybridized carbons (Fsp3) is 0.263. The summed E-state index contributed by atoms with van der Waals surface area (Å²) < 4.78 is 16.1. The first kappa shape index (κ1) is 19.4. The average Bonchev–Trinajstić information content (AvgIpc) is 2.91. The van der Waals surface area contributed by atoms with Crippen LogP contribution in [-0.2, 0) is 14.3 Å². The quantitative estimate of drug-likeness (QED) is 0.580. The van der Waals surface area contributed by atoms with Crippen molar-refractivity contribution >= 4 is 40.9 Å². The van der Waals surface area contributed by atoms with Gasteiger partial charge in [0.05, 0.1) is 19.0 Å². The molecule has 2 aromatic carbocycles. The molecule has 2 aromatic rings. The van der Waals surface area contributed by atoms with Gasteiger partial charge >= 0.3 is 5.97 Å². The van der Waals surface area contributed by atoms with Gasteiger partial charge in [-0.25, -0.2) is 0 Å². The maximum Gasteiger partial charge on any atom is 0.316 e. The number of hydrogen-bond acceptors (Lipinski definition) is 6.